The van der Waals surface area contributed by atoms with Gasteiger partial charge in [-0.05, 0) is 6.92 Å². The Morgan fingerprint density at radius 2 is 2.32 bits per heavy atom. The molecule has 1 heterocycles. The molecule has 0 aliphatic carbocycles. The van der Waals surface area contributed by atoms with Crippen LogP contribution in [0.2, 0.25) is 5.02 Å². The molecular weight excluding hydrogens is 272 g/mol. The summed E-state index contributed by atoms with van der Waals surface area (Å²) in [5.74, 6) is -0.209. The summed E-state index contributed by atoms with van der Waals surface area (Å²) in [7, 11) is 3.07. The zero-order chi connectivity index (χ0) is 14.4. The van der Waals surface area contributed by atoms with E-state index in [4.69, 9.17) is 16.3 Å². The molecule has 1 unspecified atom stereocenters. The summed E-state index contributed by atoms with van der Waals surface area (Å²) in [4.78, 5) is 23.3. The van der Waals surface area contributed by atoms with Crippen molar-refractivity contribution >= 4 is 23.2 Å². The third kappa shape index (κ3) is 3.93. The first kappa shape index (κ1) is 15.5. The lowest BCUT2D eigenvalue weighted by Crippen LogP contribution is -2.36. The Morgan fingerprint density at radius 3 is 2.89 bits per heavy atom. The molecule has 8 heteroatoms. The average molecular weight is 289 g/mol. The van der Waals surface area contributed by atoms with E-state index in [0.29, 0.717) is 18.8 Å². The highest BCUT2D eigenvalue weighted by Gasteiger charge is 2.15. The van der Waals surface area contributed by atoms with Crippen molar-refractivity contribution in [3.63, 3.8) is 0 Å². The monoisotopic (exact) mass is 288 g/mol. The standard InChI is InChI=1S/C11H17ClN4O3/c1-7(10(17)13-2)15-8-6-14-16(4-5-19-3)11(18)9(8)12/h6-7,15H,4-5H2,1-3H3,(H,13,17). The molecule has 1 amide bonds. The number of nitrogens with zero attached hydrogens (tertiary/aromatic N) is 2. The highest BCUT2D eigenvalue weighted by molar-refractivity contribution is 6.33. The van der Waals surface area contributed by atoms with Crippen LogP contribution < -0.4 is 16.2 Å². The largest absolute Gasteiger partial charge is 0.383 e. The Morgan fingerprint density at radius 1 is 1.63 bits per heavy atom. The van der Waals surface area contributed by atoms with Crippen LogP contribution in [0.3, 0.4) is 0 Å². The second-order valence-corrected chi connectivity index (χ2v) is 4.25. The number of likely N-dealkylation sites (N-methyl/N-ethyl adjacent to an activating group) is 1. The van der Waals surface area contributed by atoms with Gasteiger partial charge in [-0.25, -0.2) is 4.68 Å². The Hall–Kier alpha value is -1.60. The van der Waals surface area contributed by atoms with E-state index >= 15 is 0 Å². The minimum Gasteiger partial charge on any atom is -0.383 e. The van der Waals surface area contributed by atoms with Gasteiger partial charge >= 0.3 is 0 Å². The molecule has 0 saturated heterocycles. The molecular formula is C11H17ClN4O3. The van der Waals surface area contributed by atoms with Gasteiger partial charge in [0.1, 0.15) is 11.1 Å². The molecule has 0 aliphatic heterocycles. The highest BCUT2D eigenvalue weighted by atomic mass is 35.5. The number of hydrogen-bond acceptors (Lipinski definition) is 5. The van der Waals surface area contributed by atoms with Gasteiger partial charge in [0.2, 0.25) is 5.91 Å². The Labute approximate surface area is 115 Å². The van der Waals surface area contributed by atoms with E-state index in [0.717, 1.165) is 0 Å². The lowest BCUT2D eigenvalue weighted by molar-refractivity contribution is -0.121. The minimum absolute atomic E-state index is 0.00172. The number of aromatic nitrogens is 2. The fraction of sp³-hybridized carbons (Fsp3) is 0.545. The van der Waals surface area contributed by atoms with Gasteiger partial charge in [-0.3, -0.25) is 9.59 Å². The molecule has 7 nitrogen and oxygen atoms in total. The van der Waals surface area contributed by atoms with Crippen LogP contribution in [-0.4, -0.2) is 42.5 Å². The van der Waals surface area contributed by atoms with E-state index < -0.39 is 11.6 Å². The van der Waals surface area contributed by atoms with Crippen LogP contribution in [-0.2, 0) is 16.1 Å². The van der Waals surface area contributed by atoms with E-state index in [-0.39, 0.29) is 10.9 Å². The van der Waals surface area contributed by atoms with Gasteiger partial charge in [-0.1, -0.05) is 11.6 Å². The van der Waals surface area contributed by atoms with Gasteiger partial charge in [-0.2, -0.15) is 5.10 Å². The number of carbonyl (C=O) groups excluding carboxylic acids is 1. The van der Waals surface area contributed by atoms with Gasteiger partial charge < -0.3 is 15.4 Å². The number of methoxy groups -OCH3 is 1. The van der Waals surface area contributed by atoms with E-state index in [1.807, 2.05) is 0 Å². The maximum atomic E-state index is 11.9. The first-order chi connectivity index (χ1) is 9.01. The number of ether oxygens (including phenoxy) is 1. The third-order valence-electron chi connectivity index (χ3n) is 2.50. The number of rotatable bonds is 6. The SMILES string of the molecule is CNC(=O)C(C)Nc1cnn(CCOC)c(=O)c1Cl. The lowest BCUT2D eigenvalue weighted by atomic mass is 10.3. The molecule has 1 atom stereocenters. The molecule has 0 aliphatic rings. The highest BCUT2D eigenvalue weighted by Crippen LogP contribution is 2.16. The van der Waals surface area contributed by atoms with Crippen LogP contribution in [0.4, 0.5) is 5.69 Å². The third-order valence-corrected chi connectivity index (χ3v) is 2.87. The topological polar surface area (TPSA) is 85.2 Å². The molecule has 0 spiro atoms. The van der Waals surface area contributed by atoms with Gasteiger partial charge in [0, 0.05) is 14.2 Å². The van der Waals surface area contributed by atoms with Crippen molar-refractivity contribution in [1.29, 1.82) is 0 Å². The summed E-state index contributed by atoms with van der Waals surface area (Å²) in [6.07, 6.45) is 1.42. The summed E-state index contributed by atoms with van der Waals surface area (Å²) >= 11 is 5.96. The summed E-state index contributed by atoms with van der Waals surface area (Å²) in [5, 5.41) is 9.29. The number of nitrogens with one attached hydrogen (secondary N) is 2. The molecule has 1 rings (SSSR count). The molecule has 2 N–H and O–H groups in total. The molecule has 0 saturated carbocycles. The van der Waals surface area contributed by atoms with Gasteiger partial charge in [0.15, 0.2) is 0 Å². The van der Waals surface area contributed by atoms with Crippen molar-refractivity contribution in [2.24, 2.45) is 0 Å². The van der Waals surface area contributed by atoms with Crippen LogP contribution in [0.25, 0.3) is 0 Å². The normalized spacial score (nSPS) is 12.0. The zero-order valence-corrected chi connectivity index (χ0v) is 11.8. The smallest absolute Gasteiger partial charge is 0.287 e. The predicted molar refractivity (Wildman–Crippen MR) is 72.5 cm³/mol. The van der Waals surface area contributed by atoms with Gasteiger partial charge in [0.25, 0.3) is 5.56 Å². The maximum absolute atomic E-state index is 11.9. The van der Waals surface area contributed by atoms with E-state index in [9.17, 15) is 9.59 Å². The van der Waals surface area contributed by atoms with Crippen molar-refractivity contribution in [2.75, 3.05) is 26.1 Å². The number of halogens is 1. The van der Waals surface area contributed by atoms with E-state index in [2.05, 4.69) is 15.7 Å². The molecule has 0 radical (unpaired) electrons. The van der Waals surface area contributed by atoms with Crippen molar-refractivity contribution in [3.8, 4) is 0 Å². The number of hydrogen-bond donors (Lipinski definition) is 2. The number of anilines is 1. The Bertz CT molecular complexity index is 503. The fourth-order valence-corrected chi connectivity index (χ4v) is 1.62. The first-order valence-corrected chi connectivity index (χ1v) is 6.11. The second kappa shape index (κ2) is 7.10. The van der Waals surface area contributed by atoms with E-state index in [1.165, 1.54) is 25.0 Å². The average Bonchev–Trinajstić information content (AvgIpc) is 2.42. The summed E-state index contributed by atoms with van der Waals surface area (Å²) in [5.41, 5.74) is -0.0933. The molecule has 106 valence electrons. The maximum Gasteiger partial charge on any atom is 0.287 e. The number of carbonyl (C=O) groups is 1. The summed E-state index contributed by atoms with van der Waals surface area (Å²) in [6.45, 7) is 2.34. The fourth-order valence-electron chi connectivity index (χ4n) is 1.42. The predicted octanol–water partition coefficient (Wildman–Crippen LogP) is 0.0895. The van der Waals surface area contributed by atoms with Crippen LogP contribution in [0.1, 0.15) is 6.92 Å². The minimum atomic E-state index is -0.515. The molecule has 19 heavy (non-hydrogen) atoms. The second-order valence-electron chi connectivity index (χ2n) is 3.87. The molecule has 0 bridgehead atoms. The Kier molecular flexibility index (Phi) is 5.78. The van der Waals surface area contributed by atoms with Crippen molar-refractivity contribution < 1.29 is 9.53 Å². The Balaban J connectivity index is 2.90. The van der Waals surface area contributed by atoms with Crippen molar-refractivity contribution in [2.45, 2.75) is 19.5 Å². The van der Waals surface area contributed by atoms with Crippen molar-refractivity contribution in [3.05, 3.63) is 21.6 Å². The van der Waals surface area contributed by atoms with Crippen LogP contribution >= 0.6 is 11.6 Å². The molecule has 1 aromatic heterocycles. The van der Waals surface area contributed by atoms with Crippen molar-refractivity contribution in [1.82, 2.24) is 15.1 Å². The molecule has 0 aromatic carbocycles. The van der Waals surface area contributed by atoms with E-state index in [1.54, 1.807) is 6.92 Å². The van der Waals surface area contributed by atoms with Crippen LogP contribution in [0, 0.1) is 0 Å². The van der Waals surface area contributed by atoms with Gasteiger partial charge in [0.05, 0.1) is 25.0 Å². The zero-order valence-electron chi connectivity index (χ0n) is 11.1. The summed E-state index contributed by atoms with van der Waals surface area (Å²) < 4.78 is 6.08. The quantitative estimate of drug-likeness (QED) is 0.775. The molecule has 1 aromatic rings. The van der Waals surface area contributed by atoms with Crippen LogP contribution in [0.15, 0.2) is 11.0 Å². The lowest BCUT2D eigenvalue weighted by Gasteiger charge is -2.15. The van der Waals surface area contributed by atoms with Gasteiger partial charge in [-0.15, -0.1) is 0 Å². The first-order valence-electron chi connectivity index (χ1n) is 5.74. The summed E-state index contributed by atoms with van der Waals surface area (Å²) in [6, 6.07) is -0.515. The number of amides is 1. The van der Waals surface area contributed by atoms with Crippen LogP contribution in [0.5, 0.6) is 0 Å². The molecule has 0 fully saturated rings.